The van der Waals surface area contributed by atoms with Crippen LogP contribution in [-0.2, 0) is 21.2 Å². The summed E-state index contributed by atoms with van der Waals surface area (Å²) < 4.78 is 27.6. The molecule has 2 N–H and O–H groups in total. The Bertz CT molecular complexity index is 1020. The van der Waals surface area contributed by atoms with Crippen molar-refractivity contribution in [1.29, 1.82) is 0 Å². The van der Waals surface area contributed by atoms with Gasteiger partial charge in [-0.05, 0) is 43.5 Å². The minimum absolute atomic E-state index is 0.00998. The monoisotopic (exact) mass is 388 g/mol. The molecule has 0 radical (unpaired) electrons. The van der Waals surface area contributed by atoms with E-state index in [0.29, 0.717) is 35.5 Å². The van der Waals surface area contributed by atoms with Crippen LogP contribution in [0.15, 0.2) is 29.2 Å². The fraction of sp³-hybridized carbons (Fsp3) is 0.333. The number of amides is 1. The molecule has 1 aromatic carbocycles. The first kappa shape index (κ1) is 19.0. The Morgan fingerprint density at radius 1 is 1.15 bits per heavy atom. The SMILES string of the molecule is CC(=O)Nc1ccc(S(=O)(=O)Nc2nc(C)c3c(n2)CC(C)CC3=O)cc1. The summed E-state index contributed by atoms with van der Waals surface area (Å²) in [5.74, 6) is -0.154. The van der Waals surface area contributed by atoms with E-state index < -0.39 is 10.0 Å². The van der Waals surface area contributed by atoms with Crippen LogP contribution in [0.1, 0.15) is 42.0 Å². The molecule has 0 fully saturated rings. The standard InChI is InChI=1S/C18H20N4O4S/c1-10-8-15-17(16(24)9-10)11(2)19-18(21-15)22-27(25,26)14-6-4-13(5-7-14)20-12(3)23/h4-7,10H,8-9H2,1-3H3,(H,20,23)(H,19,21,22). The summed E-state index contributed by atoms with van der Waals surface area (Å²) in [7, 11) is -3.90. The number of ketones is 1. The number of hydrogen-bond donors (Lipinski definition) is 2. The third kappa shape index (κ3) is 4.13. The van der Waals surface area contributed by atoms with E-state index in [2.05, 4.69) is 20.0 Å². The predicted molar refractivity (Wildman–Crippen MR) is 100 cm³/mol. The second kappa shape index (κ2) is 7.07. The Morgan fingerprint density at radius 2 is 1.81 bits per heavy atom. The van der Waals surface area contributed by atoms with E-state index in [4.69, 9.17) is 0 Å². The van der Waals surface area contributed by atoms with Crippen LogP contribution in [0.3, 0.4) is 0 Å². The third-order valence-corrected chi connectivity index (χ3v) is 5.57. The fourth-order valence-corrected chi connectivity index (χ4v) is 4.05. The second-order valence-electron chi connectivity index (χ2n) is 6.70. The lowest BCUT2D eigenvalue weighted by Crippen LogP contribution is -2.23. The largest absolute Gasteiger partial charge is 0.326 e. The normalized spacial score (nSPS) is 16.6. The summed E-state index contributed by atoms with van der Waals surface area (Å²) in [6, 6.07) is 5.75. The lowest BCUT2D eigenvalue weighted by Gasteiger charge is -2.21. The molecule has 0 saturated heterocycles. The maximum Gasteiger partial charge on any atom is 0.264 e. The van der Waals surface area contributed by atoms with Crippen molar-refractivity contribution in [2.24, 2.45) is 5.92 Å². The number of carbonyl (C=O) groups excluding carboxylic acids is 2. The topological polar surface area (TPSA) is 118 Å². The quantitative estimate of drug-likeness (QED) is 0.830. The van der Waals surface area contributed by atoms with Crippen molar-refractivity contribution < 1.29 is 18.0 Å². The van der Waals surface area contributed by atoms with Gasteiger partial charge in [0.25, 0.3) is 10.0 Å². The first-order valence-electron chi connectivity index (χ1n) is 8.47. The average molecular weight is 388 g/mol. The number of rotatable bonds is 4. The number of sulfonamides is 1. The molecule has 1 unspecified atom stereocenters. The molecule has 1 aliphatic carbocycles. The number of carbonyl (C=O) groups is 2. The van der Waals surface area contributed by atoms with Gasteiger partial charge in [-0.1, -0.05) is 6.92 Å². The van der Waals surface area contributed by atoms with Crippen LogP contribution in [-0.4, -0.2) is 30.1 Å². The lowest BCUT2D eigenvalue weighted by molar-refractivity contribution is -0.114. The molecule has 1 heterocycles. The van der Waals surface area contributed by atoms with Gasteiger partial charge in [0, 0.05) is 19.0 Å². The van der Waals surface area contributed by atoms with Gasteiger partial charge < -0.3 is 5.32 Å². The van der Waals surface area contributed by atoms with Crippen LogP contribution in [0, 0.1) is 12.8 Å². The zero-order valence-electron chi connectivity index (χ0n) is 15.2. The number of Topliss-reactive ketones (excluding diaryl/α,β-unsaturated/α-hetero) is 1. The van der Waals surface area contributed by atoms with E-state index in [9.17, 15) is 18.0 Å². The van der Waals surface area contributed by atoms with E-state index in [1.807, 2.05) is 6.92 Å². The van der Waals surface area contributed by atoms with Crippen molar-refractivity contribution >= 4 is 33.3 Å². The number of nitrogens with one attached hydrogen (secondary N) is 2. The van der Waals surface area contributed by atoms with Crippen LogP contribution in [0.25, 0.3) is 0 Å². The van der Waals surface area contributed by atoms with Crippen molar-refractivity contribution in [3.8, 4) is 0 Å². The molecule has 142 valence electrons. The maximum atomic E-state index is 12.6. The molecule has 27 heavy (non-hydrogen) atoms. The van der Waals surface area contributed by atoms with Crippen molar-refractivity contribution in [3.63, 3.8) is 0 Å². The summed E-state index contributed by atoms with van der Waals surface area (Å²) in [6.45, 7) is 5.00. The highest BCUT2D eigenvalue weighted by Crippen LogP contribution is 2.27. The average Bonchev–Trinajstić information content (AvgIpc) is 2.53. The Balaban J connectivity index is 1.88. The maximum absolute atomic E-state index is 12.6. The number of hydrogen-bond acceptors (Lipinski definition) is 6. The minimum Gasteiger partial charge on any atom is -0.326 e. The summed E-state index contributed by atoms with van der Waals surface area (Å²) in [6.07, 6.45) is 1.05. The van der Waals surface area contributed by atoms with Crippen LogP contribution in [0.5, 0.6) is 0 Å². The predicted octanol–water partition coefficient (Wildman–Crippen LogP) is 2.31. The van der Waals surface area contributed by atoms with E-state index in [1.54, 1.807) is 6.92 Å². The highest BCUT2D eigenvalue weighted by molar-refractivity contribution is 7.92. The summed E-state index contributed by atoms with van der Waals surface area (Å²) in [5.41, 5.74) is 2.03. The molecule has 8 nitrogen and oxygen atoms in total. The van der Waals surface area contributed by atoms with Gasteiger partial charge in [0.1, 0.15) is 0 Å². The van der Waals surface area contributed by atoms with Gasteiger partial charge in [-0.15, -0.1) is 0 Å². The number of aryl methyl sites for hydroxylation is 1. The van der Waals surface area contributed by atoms with Crippen molar-refractivity contribution in [3.05, 3.63) is 41.2 Å². The molecular formula is C18H20N4O4S. The number of fused-ring (bicyclic) bond motifs is 1. The first-order chi connectivity index (χ1) is 12.7. The molecule has 1 aromatic heterocycles. The Labute approximate surface area is 157 Å². The molecule has 0 saturated carbocycles. The molecule has 1 amide bonds. The summed E-state index contributed by atoms with van der Waals surface area (Å²) in [5, 5.41) is 2.57. The van der Waals surface area contributed by atoms with Gasteiger partial charge in [0.05, 0.1) is 21.8 Å². The number of benzene rings is 1. The van der Waals surface area contributed by atoms with Crippen LogP contribution in [0.2, 0.25) is 0 Å². The lowest BCUT2D eigenvalue weighted by atomic mass is 9.86. The zero-order valence-corrected chi connectivity index (χ0v) is 16.1. The molecular weight excluding hydrogens is 368 g/mol. The van der Waals surface area contributed by atoms with E-state index in [1.165, 1.54) is 31.2 Å². The zero-order chi connectivity index (χ0) is 19.8. The molecule has 0 aliphatic heterocycles. The Kier molecular flexibility index (Phi) is 4.97. The van der Waals surface area contributed by atoms with Gasteiger partial charge >= 0.3 is 0 Å². The van der Waals surface area contributed by atoms with Crippen LogP contribution >= 0.6 is 0 Å². The van der Waals surface area contributed by atoms with E-state index in [0.717, 1.165) is 0 Å². The van der Waals surface area contributed by atoms with Crippen LogP contribution in [0.4, 0.5) is 11.6 Å². The van der Waals surface area contributed by atoms with Gasteiger partial charge in [-0.2, -0.15) is 0 Å². The molecule has 1 atom stereocenters. The number of nitrogens with zero attached hydrogens (tertiary/aromatic N) is 2. The van der Waals surface area contributed by atoms with Gasteiger partial charge in [0.15, 0.2) is 5.78 Å². The van der Waals surface area contributed by atoms with Crippen molar-refractivity contribution in [2.45, 2.75) is 38.5 Å². The second-order valence-corrected chi connectivity index (χ2v) is 8.38. The third-order valence-electron chi connectivity index (χ3n) is 4.23. The van der Waals surface area contributed by atoms with Crippen LogP contribution < -0.4 is 10.0 Å². The number of anilines is 2. The summed E-state index contributed by atoms with van der Waals surface area (Å²) in [4.78, 5) is 31.7. The minimum atomic E-state index is -3.90. The highest BCUT2D eigenvalue weighted by Gasteiger charge is 2.27. The van der Waals surface area contributed by atoms with Gasteiger partial charge in [-0.25, -0.2) is 23.1 Å². The Morgan fingerprint density at radius 3 is 2.44 bits per heavy atom. The van der Waals surface area contributed by atoms with Gasteiger partial charge in [0.2, 0.25) is 11.9 Å². The smallest absolute Gasteiger partial charge is 0.264 e. The fourth-order valence-electron chi connectivity index (χ4n) is 3.11. The van der Waals surface area contributed by atoms with Gasteiger partial charge in [-0.3, -0.25) is 9.59 Å². The van der Waals surface area contributed by atoms with E-state index in [-0.39, 0.29) is 28.5 Å². The molecule has 1 aliphatic rings. The molecule has 9 heteroatoms. The van der Waals surface area contributed by atoms with E-state index >= 15 is 0 Å². The van der Waals surface area contributed by atoms with Crippen molar-refractivity contribution in [2.75, 3.05) is 10.0 Å². The summed E-state index contributed by atoms with van der Waals surface area (Å²) >= 11 is 0. The number of aromatic nitrogens is 2. The molecule has 3 rings (SSSR count). The molecule has 2 aromatic rings. The highest BCUT2D eigenvalue weighted by atomic mass is 32.2. The molecule has 0 spiro atoms. The Hall–Kier alpha value is -2.81. The van der Waals surface area contributed by atoms with Crippen molar-refractivity contribution in [1.82, 2.24) is 9.97 Å². The molecule has 0 bridgehead atoms. The first-order valence-corrected chi connectivity index (χ1v) is 9.95.